The first kappa shape index (κ1) is 13.0. The Labute approximate surface area is 121 Å². The van der Waals surface area contributed by atoms with E-state index in [9.17, 15) is 4.39 Å². The molecule has 1 saturated carbocycles. The van der Waals surface area contributed by atoms with Crippen LogP contribution in [0.2, 0.25) is 5.02 Å². The lowest BCUT2D eigenvalue weighted by molar-refractivity contribution is 0.181. The first-order valence-corrected chi connectivity index (χ1v) is 6.65. The van der Waals surface area contributed by atoms with Gasteiger partial charge in [-0.2, -0.15) is 5.26 Å². The number of benzene rings is 2. The second-order valence-electron chi connectivity index (χ2n) is 4.86. The zero-order valence-electron chi connectivity index (χ0n) is 10.6. The molecule has 2 aromatic rings. The van der Waals surface area contributed by atoms with E-state index >= 15 is 0 Å². The molecule has 100 valence electrons. The third-order valence-electron chi connectivity index (χ3n) is 3.43. The van der Waals surface area contributed by atoms with Gasteiger partial charge in [0.2, 0.25) is 0 Å². The van der Waals surface area contributed by atoms with Crippen LogP contribution in [-0.4, -0.2) is 0 Å². The Balaban J connectivity index is 1.90. The number of hydrogen-bond acceptors (Lipinski definition) is 2. The number of halogens is 2. The summed E-state index contributed by atoms with van der Waals surface area (Å²) in [6.07, 6.45) is 1.76. The number of nitrogens with zero attached hydrogens (tertiary/aromatic N) is 1. The number of hydrogen-bond donors (Lipinski definition) is 0. The molecule has 0 heterocycles. The molecule has 0 spiro atoms. The maximum Gasteiger partial charge on any atom is 0.141 e. The van der Waals surface area contributed by atoms with Gasteiger partial charge in [-0.3, -0.25) is 0 Å². The summed E-state index contributed by atoms with van der Waals surface area (Å²) in [4.78, 5) is 0. The predicted molar refractivity (Wildman–Crippen MR) is 74.1 cm³/mol. The van der Waals surface area contributed by atoms with Gasteiger partial charge in [-0.05, 0) is 42.7 Å². The Morgan fingerprint density at radius 2 is 2.00 bits per heavy atom. The summed E-state index contributed by atoms with van der Waals surface area (Å²) in [5, 5.41) is 9.51. The minimum absolute atomic E-state index is 0.00982. The van der Waals surface area contributed by atoms with Gasteiger partial charge < -0.3 is 4.74 Å². The van der Waals surface area contributed by atoms with Crippen molar-refractivity contribution in [1.82, 2.24) is 0 Å². The van der Waals surface area contributed by atoms with E-state index in [2.05, 4.69) is 0 Å². The van der Waals surface area contributed by atoms with E-state index in [0.717, 1.165) is 18.4 Å². The normalized spacial score (nSPS) is 15.4. The second kappa shape index (κ2) is 4.81. The number of rotatable bonds is 3. The Morgan fingerprint density at radius 3 is 2.65 bits per heavy atom. The summed E-state index contributed by atoms with van der Waals surface area (Å²) in [5.74, 6) is -0.0344. The van der Waals surface area contributed by atoms with E-state index in [0.29, 0.717) is 10.8 Å². The number of nitriles is 1. The van der Waals surface area contributed by atoms with Gasteiger partial charge in [0.05, 0.1) is 5.56 Å². The van der Waals surface area contributed by atoms with Gasteiger partial charge in [-0.25, -0.2) is 4.39 Å². The summed E-state index contributed by atoms with van der Waals surface area (Å²) in [6.45, 7) is 0. The topological polar surface area (TPSA) is 33.0 Å². The van der Waals surface area contributed by atoms with E-state index in [4.69, 9.17) is 21.6 Å². The molecule has 0 aromatic heterocycles. The van der Waals surface area contributed by atoms with E-state index in [-0.39, 0.29) is 5.56 Å². The van der Waals surface area contributed by atoms with Crippen molar-refractivity contribution in [3.8, 4) is 11.8 Å². The molecular formula is C16H11ClFNO. The summed E-state index contributed by atoms with van der Waals surface area (Å²) >= 11 is 6.00. The molecule has 1 fully saturated rings. The highest BCUT2D eigenvalue weighted by molar-refractivity contribution is 6.30. The highest BCUT2D eigenvalue weighted by Gasteiger charge is 2.47. The van der Waals surface area contributed by atoms with Crippen molar-refractivity contribution in [3.05, 3.63) is 64.4 Å². The largest absolute Gasteiger partial charge is 0.483 e. The third kappa shape index (κ3) is 2.35. The van der Waals surface area contributed by atoms with Gasteiger partial charge in [0, 0.05) is 11.1 Å². The quantitative estimate of drug-likeness (QED) is 0.837. The highest BCUT2D eigenvalue weighted by atomic mass is 35.5. The standard InChI is InChI=1S/C16H11ClFNO/c17-13-3-1-2-12(9-13)16(6-7-16)20-14-4-5-15(18)11(8-14)10-19/h1-5,8-9H,6-7H2. The van der Waals surface area contributed by atoms with Crippen LogP contribution in [0.1, 0.15) is 24.0 Å². The van der Waals surface area contributed by atoms with Crippen LogP contribution in [-0.2, 0) is 5.60 Å². The molecule has 1 aliphatic carbocycles. The van der Waals surface area contributed by atoms with Crippen molar-refractivity contribution in [2.45, 2.75) is 18.4 Å². The molecule has 0 atom stereocenters. The third-order valence-corrected chi connectivity index (χ3v) is 3.66. The van der Waals surface area contributed by atoms with E-state index < -0.39 is 11.4 Å². The van der Waals surface area contributed by atoms with Crippen LogP contribution in [0.4, 0.5) is 4.39 Å². The fourth-order valence-electron chi connectivity index (χ4n) is 2.21. The lowest BCUT2D eigenvalue weighted by Gasteiger charge is -2.19. The summed E-state index contributed by atoms with van der Waals surface area (Å²) in [7, 11) is 0. The van der Waals surface area contributed by atoms with Gasteiger partial charge in [-0.1, -0.05) is 23.7 Å². The van der Waals surface area contributed by atoms with Crippen LogP contribution in [0.5, 0.6) is 5.75 Å². The number of ether oxygens (including phenoxy) is 1. The van der Waals surface area contributed by atoms with Crippen molar-refractivity contribution in [3.63, 3.8) is 0 Å². The Hall–Kier alpha value is -2.05. The predicted octanol–water partition coefficient (Wildman–Crippen LogP) is 4.42. The van der Waals surface area contributed by atoms with Gasteiger partial charge >= 0.3 is 0 Å². The van der Waals surface area contributed by atoms with Gasteiger partial charge in [0.1, 0.15) is 23.2 Å². The summed E-state index contributed by atoms with van der Waals surface area (Å²) in [6, 6.07) is 13.6. The monoisotopic (exact) mass is 287 g/mol. The lowest BCUT2D eigenvalue weighted by atomic mass is 10.1. The van der Waals surface area contributed by atoms with E-state index in [1.807, 2.05) is 30.3 Å². The lowest BCUT2D eigenvalue weighted by Crippen LogP contribution is -2.15. The summed E-state index contributed by atoms with van der Waals surface area (Å²) in [5.41, 5.74) is 0.604. The molecular weight excluding hydrogens is 277 g/mol. The van der Waals surface area contributed by atoms with Gasteiger partial charge in [0.15, 0.2) is 0 Å². The van der Waals surface area contributed by atoms with Crippen molar-refractivity contribution in [1.29, 1.82) is 5.26 Å². The summed E-state index contributed by atoms with van der Waals surface area (Å²) < 4.78 is 19.3. The van der Waals surface area contributed by atoms with Crippen molar-refractivity contribution < 1.29 is 9.13 Å². The van der Waals surface area contributed by atoms with Crippen LogP contribution >= 0.6 is 11.6 Å². The fraction of sp³-hybridized carbons (Fsp3) is 0.188. The van der Waals surface area contributed by atoms with Crippen LogP contribution in [0, 0.1) is 17.1 Å². The molecule has 0 bridgehead atoms. The molecule has 2 nitrogen and oxygen atoms in total. The first-order chi connectivity index (χ1) is 9.63. The molecule has 1 aliphatic rings. The minimum Gasteiger partial charge on any atom is -0.483 e. The molecule has 0 unspecified atom stereocenters. The average molecular weight is 288 g/mol. The maximum atomic E-state index is 13.3. The molecule has 20 heavy (non-hydrogen) atoms. The Bertz CT molecular complexity index is 704. The molecule has 0 saturated heterocycles. The van der Waals surface area contributed by atoms with Gasteiger partial charge in [-0.15, -0.1) is 0 Å². The molecule has 2 aromatic carbocycles. The van der Waals surface area contributed by atoms with Crippen LogP contribution < -0.4 is 4.74 Å². The van der Waals surface area contributed by atoms with Gasteiger partial charge in [0.25, 0.3) is 0 Å². The van der Waals surface area contributed by atoms with E-state index in [1.54, 1.807) is 6.07 Å². The first-order valence-electron chi connectivity index (χ1n) is 6.28. The minimum atomic E-state index is -0.535. The molecule has 0 radical (unpaired) electrons. The molecule has 0 amide bonds. The van der Waals surface area contributed by atoms with Crippen molar-refractivity contribution >= 4 is 11.6 Å². The Morgan fingerprint density at radius 1 is 1.20 bits per heavy atom. The van der Waals surface area contributed by atoms with E-state index in [1.165, 1.54) is 12.1 Å². The van der Waals surface area contributed by atoms with Crippen LogP contribution in [0.15, 0.2) is 42.5 Å². The highest BCUT2D eigenvalue weighted by Crippen LogP contribution is 2.49. The van der Waals surface area contributed by atoms with Crippen molar-refractivity contribution in [2.24, 2.45) is 0 Å². The van der Waals surface area contributed by atoms with Crippen molar-refractivity contribution in [2.75, 3.05) is 0 Å². The molecule has 0 N–H and O–H groups in total. The Kier molecular flexibility index (Phi) is 3.11. The average Bonchev–Trinajstić information content (AvgIpc) is 3.22. The molecule has 3 rings (SSSR count). The molecule has 0 aliphatic heterocycles. The van der Waals surface area contributed by atoms with Crippen LogP contribution in [0.3, 0.4) is 0 Å². The zero-order valence-corrected chi connectivity index (χ0v) is 11.3. The second-order valence-corrected chi connectivity index (χ2v) is 5.30. The molecule has 4 heteroatoms. The van der Waals surface area contributed by atoms with Crippen LogP contribution in [0.25, 0.3) is 0 Å². The zero-order chi connectivity index (χ0) is 14.2. The SMILES string of the molecule is N#Cc1cc(OC2(c3cccc(Cl)c3)CC2)ccc1F. The smallest absolute Gasteiger partial charge is 0.141 e. The fourth-order valence-corrected chi connectivity index (χ4v) is 2.40. The maximum absolute atomic E-state index is 13.3.